The third kappa shape index (κ3) is 5.20. The van der Waals surface area contributed by atoms with Crippen LogP contribution < -0.4 is 5.32 Å². The van der Waals surface area contributed by atoms with Gasteiger partial charge in [-0.2, -0.15) is 0 Å². The number of rotatable bonds is 9. The molecule has 0 aromatic heterocycles. The zero-order valence-electron chi connectivity index (χ0n) is 17.6. The van der Waals surface area contributed by atoms with Crippen LogP contribution in [0.4, 0.5) is 0 Å². The first kappa shape index (κ1) is 22.1. The molecule has 0 radical (unpaired) electrons. The van der Waals surface area contributed by atoms with Gasteiger partial charge in [-0.25, -0.2) is 0 Å². The van der Waals surface area contributed by atoms with Crippen LogP contribution in [0, 0.1) is 23.7 Å². The van der Waals surface area contributed by atoms with Crippen LogP contribution in [0.2, 0.25) is 0 Å². The highest BCUT2D eigenvalue weighted by Gasteiger charge is 2.47. The summed E-state index contributed by atoms with van der Waals surface area (Å²) in [4.78, 5) is 0. The Morgan fingerprint density at radius 1 is 1.08 bits per heavy atom. The molecule has 1 saturated heterocycles. The Bertz CT molecular complexity index is 430. The summed E-state index contributed by atoms with van der Waals surface area (Å²) in [5, 5.41) is 24.2. The van der Waals surface area contributed by atoms with Crippen molar-refractivity contribution in [2.75, 3.05) is 6.61 Å². The van der Waals surface area contributed by atoms with Crippen LogP contribution in [0.15, 0.2) is 0 Å². The SMILES string of the molecule is CCCC1(C)OC2CCC(NC(O)C(C(C)C)C(CO)C(C)C)CC2O1. The zero-order valence-corrected chi connectivity index (χ0v) is 17.6. The molecule has 0 bridgehead atoms. The Kier molecular flexibility index (Phi) is 7.93. The third-order valence-corrected chi connectivity index (χ3v) is 6.34. The average Bonchev–Trinajstić information content (AvgIpc) is 2.86. The molecule has 1 saturated carbocycles. The minimum atomic E-state index is -0.611. The first-order valence-corrected chi connectivity index (χ1v) is 10.6. The van der Waals surface area contributed by atoms with Crippen LogP contribution in [-0.4, -0.2) is 47.1 Å². The summed E-state index contributed by atoms with van der Waals surface area (Å²) < 4.78 is 12.4. The highest BCUT2D eigenvalue weighted by atomic mass is 16.8. The van der Waals surface area contributed by atoms with E-state index in [2.05, 4.69) is 46.9 Å². The number of aliphatic hydroxyl groups is 2. The summed E-state index contributed by atoms with van der Waals surface area (Å²) in [6.45, 7) is 12.8. The molecule has 0 spiro atoms. The molecule has 154 valence electrons. The molecule has 2 rings (SSSR count). The van der Waals surface area contributed by atoms with E-state index in [1.165, 1.54) is 0 Å². The van der Waals surface area contributed by atoms with Crippen molar-refractivity contribution in [1.29, 1.82) is 0 Å². The van der Waals surface area contributed by atoms with Gasteiger partial charge in [0, 0.05) is 25.0 Å². The maximum absolute atomic E-state index is 10.9. The molecule has 26 heavy (non-hydrogen) atoms. The second-order valence-corrected chi connectivity index (χ2v) is 9.23. The van der Waals surface area contributed by atoms with E-state index < -0.39 is 12.0 Å². The van der Waals surface area contributed by atoms with Gasteiger partial charge in [0.05, 0.1) is 12.2 Å². The van der Waals surface area contributed by atoms with Crippen LogP contribution >= 0.6 is 0 Å². The van der Waals surface area contributed by atoms with E-state index >= 15 is 0 Å². The lowest BCUT2D eigenvalue weighted by Gasteiger charge is -2.39. The number of fused-ring (bicyclic) bond motifs is 1. The lowest BCUT2D eigenvalue weighted by molar-refractivity contribution is -0.165. The van der Waals surface area contributed by atoms with Gasteiger partial charge < -0.3 is 19.7 Å². The molecule has 7 unspecified atom stereocenters. The molecule has 0 aromatic carbocycles. The second kappa shape index (κ2) is 9.33. The smallest absolute Gasteiger partial charge is 0.166 e. The largest absolute Gasteiger partial charge is 0.396 e. The Balaban J connectivity index is 1.96. The van der Waals surface area contributed by atoms with E-state index in [0.29, 0.717) is 11.8 Å². The van der Waals surface area contributed by atoms with E-state index in [1.807, 2.05) is 0 Å². The van der Waals surface area contributed by atoms with E-state index in [4.69, 9.17) is 9.47 Å². The van der Waals surface area contributed by atoms with Gasteiger partial charge in [0.15, 0.2) is 5.79 Å². The molecule has 1 aliphatic heterocycles. The minimum Gasteiger partial charge on any atom is -0.396 e. The quantitative estimate of drug-likeness (QED) is 0.543. The number of nitrogens with one attached hydrogen (secondary N) is 1. The van der Waals surface area contributed by atoms with Gasteiger partial charge in [-0.05, 0) is 43.9 Å². The zero-order chi connectivity index (χ0) is 19.5. The summed E-state index contributed by atoms with van der Waals surface area (Å²) in [7, 11) is 0. The van der Waals surface area contributed by atoms with Gasteiger partial charge in [0.2, 0.25) is 0 Å². The van der Waals surface area contributed by atoms with Crippen LogP contribution in [0.25, 0.3) is 0 Å². The molecule has 5 heteroatoms. The number of hydrogen-bond acceptors (Lipinski definition) is 5. The Labute approximate surface area is 159 Å². The first-order chi connectivity index (χ1) is 12.2. The fourth-order valence-corrected chi connectivity index (χ4v) is 4.97. The predicted octanol–water partition coefficient (Wildman–Crippen LogP) is 3.28. The summed E-state index contributed by atoms with van der Waals surface area (Å²) >= 11 is 0. The van der Waals surface area contributed by atoms with E-state index in [-0.39, 0.29) is 36.7 Å². The number of hydrogen-bond donors (Lipinski definition) is 3. The predicted molar refractivity (Wildman–Crippen MR) is 104 cm³/mol. The van der Waals surface area contributed by atoms with Gasteiger partial charge in [0.25, 0.3) is 0 Å². The molecular formula is C21H41NO4. The number of aliphatic hydroxyl groups excluding tert-OH is 2. The van der Waals surface area contributed by atoms with Crippen LogP contribution in [0.3, 0.4) is 0 Å². The van der Waals surface area contributed by atoms with Crippen LogP contribution in [0.5, 0.6) is 0 Å². The van der Waals surface area contributed by atoms with Crippen LogP contribution in [0.1, 0.15) is 73.6 Å². The molecule has 2 aliphatic rings. The summed E-state index contributed by atoms with van der Waals surface area (Å²) in [5.74, 6) is 0.308. The van der Waals surface area contributed by atoms with Crippen LogP contribution in [-0.2, 0) is 9.47 Å². The summed E-state index contributed by atoms with van der Waals surface area (Å²) in [6, 6.07) is 0.228. The van der Waals surface area contributed by atoms with Gasteiger partial charge in [0.1, 0.15) is 6.23 Å². The molecule has 0 aromatic rings. The fraction of sp³-hybridized carbons (Fsp3) is 1.00. The fourth-order valence-electron chi connectivity index (χ4n) is 4.97. The third-order valence-electron chi connectivity index (χ3n) is 6.34. The highest BCUT2D eigenvalue weighted by Crippen LogP contribution is 2.39. The van der Waals surface area contributed by atoms with Crippen molar-refractivity contribution in [3.05, 3.63) is 0 Å². The maximum Gasteiger partial charge on any atom is 0.166 e. The van der Waals surface area contributed by atoms with Gasteiger partial charge >= 0.3 is 0 Å². The van der Waals surface area contributed by atoms with Crippen molar-refractivity contribution in [2.24, 2.45) is 23.7 Å². The highest BCUT2D eigenvalue weighted by molar-refractivity contribution is 4.93. The molecular weight excluding hydrogens is 330 g/mol. The second-order valence-electron chi connectivity index (χ2n) is 9.23. The lowest BCUT2D eigenvalue weighted by atomic mass is 9.76. The topological polar surface area (TPSA) is 71.0 Å². The van der Waals surface area contributed by atoms with Crippen molar-refractivity contribution in [3.8, 4) is 0 Å². The van der Waals surface area contributed by atoms with Crippen molar-refractivity contribution in [2.45, 2.75) is 104 Å². The van der Waals surface area contributed by atoms with Gasteiger partial charge in [-0.15, -0.1) is 0 Å². The van der Waals surface area contributed by atoms with E-state index in [1.54, 1.807) is 0 Å². The van der Waals surface area contributed by atoms with Gasteiger partial charge in [-0.1, -0.05) is 41.0 Å². The lowest BCUT2D eigenvalue weighted by Crippen LogP contribution is -2.51. The Morgan fingerprint density at radius 3 is 2.27 bits per heavy atom. The Hall–Kier alpha value is -0.200. The van der Waals surface area contributed by atoms with Crippen molar-refractivity contribution < 1.29 is 19.7 Å². The summed E-state index contributed by atoms with van der Waals surface area (Å²) in [6.07, 6.45) is 4.48. The van der Waals surface area contributed by atoms with Crippen molar-refractivity contribution in [3.63, 3.8) is 0 Å². The number of ether oxygens (including phenoxy) is 2. The van der Waals surface area contributed by atoms with E-state index in [0.717, 1.165) is 32.1 Å². The van der Waals surface area contributed by atoms with E-state index in [9.17, 15) is 10.2 Å². The minimum absolute atomic E-state index is 0.0313. The average molecular weight is 372 g/mol. The molecule has 2 fully saturated rings. The molecule has 7 atom stereocenters. The first-order valence-electron chi connectivity index (χ1n) is 10.6. The molecule has 3 N–H and O–H groups in total. The molecule has 1 heterocycles. The van der Waals surface area contributed by atoms with Crippen molar-refractivity contribution >= 4 is 0 Å². The molecule has 0 amide bonds. The van der Waals surface area contributed by atoms with Gasteiger partial charge in [-0.3, -0.25) is 5.32 Å². The monoisotopic (exact) mass is 371 g/mol. The summed E-state index contributed by atoms with van der Waals surface area (Å²) in [5.41, 5.74) is 0. The molecule has 1 aliphatic carbocycles. The molecule has 5 nitrogen and oxygen atoms in total. The maximum atomic E-state index is 10.9. The standard InChI is InChI=1S/C21H41NO4/c1-7-10-21(6)25-17-9-8-15(11-18(17)26-21)22-20(24)19(14(4)5)16(12-23)13(2)3/h13-20,22-24H,7-12H2,1-6H3. The van der Waals surface area contributed by atoms with Crippen molar-refractivity contribution in [1.82, 2.24) is 5.32 Å². The normalized spacial score (nSPS) is 35.5. The Morgan fingerprint density at radius 2 is 1.73 bits per heavy atom.